The molecule has 0 aromatic heterocycles. The molecule has 16 heavy (non-hydrogen) atoms. The van der Waals surface area contributed by atoms with Gasteiger partial charge in [0.25, 0.3) is 0 Å². The third-order valence-electron chi connectivity index (χ3n) is 1.89. The fourth-order valence-corrected chi connectivity index (χ4v) is 1.78. The molecule has 0 saturated carbocycles. The van der Waals surface area contributed by atoms with E-state index in [0.717, 1.165) is 6.54 Å². The van der Waals surface area contributed by atoms with Gasteiger partial charge in [0.1, 0.15) is 0 Å². The van der Waals surface area contributed by atoms with Gasteiger partial charge in [-0.05, 0) is 20.6 Å². The van der Waals surface area contributed by atoms with Crippen molar-refractivity contribution in [2.45, 2.75) is 6.54 Å². The number of hydrogen-bond acceptors (Lipinski definition) is 1. The number of nitrogens with zero attached hydrogens (tertiary/aromatic N) is 1. The molecule has 0 saturated heterocycles. The summed E-state index contributed by atoms with van der Waals surface area (Å²) in [5.41, 5.74) is 1.42. The summed E-state index contributed by atoms with van der Waals surface area (Å²) in [6, 6.07) is 16.4. The van der Waals surface area contributed by atoms with Crippen molar-refractivity contribution in [3.05, 3.63) is 57.7 Å². The topological polar surface area (TPSA) is 3.24 Å². The zero-order valence-corrected chi connectivity index (χ0v) is 12.8. The second-order valence-corrected chi connectivity index (χ2v) is 4.76. The Morgan fingerprint density at radius 2 is 1.88 bits per heavy atom. The summed E-state index contributed by atoms with van der Waals surface area (Å²) in [4.78, 5) is 2.18. The first-order chi connectivity index (χ1) is 7.20. The summed E-state index contributed by atoms with van der Waals surface area (Å²) in [5, 5.41) is 0. The molecule has 0 heterocycles. The molecule has 2 aromatic rings. The van der Waals surface area contributed by atoms with Crippen LogP contribution in [-0.2, 0) is 23.6 Å². The normalized spacial score (nSPS) is 9.25. The summed E-state index contributed by atoms with van der Waals surface area (Å²) >= 11 is 2.36. The van der Waals surface area contributed by atoms with Crippen molar-refractivity contribution < 1.29 is 17.1 Å². The maximum atomic E-state index is 2.36. The third-order valence-corrected chi connectivity index (χ3v) is 2.94. The standard InChI is InChI=1S/C8H11IN.C5H5.Fe/c1-10(2)6-7-4-3-5-8(7)9;1-2-4-5-3-1;/h3-5H,6H2,1-2H3;1-5H;/q2*-1;+2. The van der Waals surface area contributed by atoms with Crippen LogP contribution in [0.4, 0.5) is 0 Å². The van der Waals surface area contributed by atoms with Crippen LogP contribution >= 0.6 is 22.6 Å². The predicted molar refractivity (Wildman–Crippen MR) is 74.2 cm³/mol. The van der Waals surface area contributed by atoms with E-state index in [9.17, 15) is 0 Å². The number of hydrogen-bond donors (Lipinski definition) is 0. The molecule has 0 unspecified atom stereocenters. The van der Waals surface area contributed by atoms with Crippen molar-refractivity contribution in [2.24, 2.45) is 0 Å². The largest absolute Gasteiger partial charge is 2.00 e. The Labute approximate surface area is 122 Å². The Bertz CT molecular complexity index is 334. The summed E-state index contributed by atoms with van der Waals surface area (Å²) in [7, 11) is 4.17. The van der Waals surface area contributed by atoms with E-state index < -0.39 is 0 Å². The summed E-state index contributed by atoms with van der Waals surface area (Å²) in [5.74, 6) is 0. The predicted octanol–water partition coefficient (Wildman–Crippen LogP) is 3.47. The maximum absolute atomic E-state index is 2.36. The van der Waals surface area contributed by atoms with E-state index in [0.29, 0.717) is 0 Å². The zero-order chi connectivity index (χ0) is 11.1. The van der Waals surface area contributed by atoms with E-state index in [1.165, 1.54) is 9.13 Å². The van der Waals surface area contributed by atoms with Crippen molar-refractivity contribution in [3.8, 4) is 0 Å². The van der Waals surface area contributed by atoms with Crippen molar-refractivity contribution in [1.29, 1.82) is 0 Å². The molecule has 0 radical (unpaired) electrons. The van der Waals surface area contributed by atoms with E-state index in [1.54, 1.807) is 0 Å². The smallest absolute Gasteiger partial charge is 0.316 e. The Hall–Kier alpha value is -0.0905. The van der Waals surface area contributed by atoms with Crippen LogP contribution in [-0.4, -0.2) is 19.0 Å². The van der Waals surface area contributed by atoms with E-state index in [2.05, 4.69) is 59.8 Å². The number of rotatable bonds is 2. The van der Waals surface area contributed by atoms with Crippen molar-refractivity contribution in [1.82, 2.24) is 4.90 Å². The van der Waals surface area contributed by atoms with E-state index in [1.807, 2.05) is 30.3 Å². The second kappa shape index (κ2) is 8.99. The van der Waals surface area contributed by atoms with Gasteiger partial charge in [-0.3, -0.25) is 0 Å². The summed E-state index contributed by atoms with van der Waals surface area (Å²) in [6.07, 6.45) is 0. The Balaban J connectivity index is 0.000000318. The minimum Gasteiger partial charge on any atom is -0.316 e. The van der Waals surface area contributed by atoms with Crippen LogP contribution in [0.2, 0.25) is 0 Å². The Morgan fingerprint density at radius 1 is 1.25 bits per heavy atom. The van der Waals surface area contributed by atoms with Gasteiger partial charge in [0.2, 0.25) is 0 Å². The van der Waals surface area contributed by atoms with Gasteiger partial charge in [0.05, 0.1) is 0 Å². The average molecular weight is 369 g/mol. The molecule has 0 amide bonds. The second-order valence-electron chi connectivity index (χ2n) is 3.60. The molecule has 0 atom stereocenters. The monoisotopic (exact) mass is 369 g/mol. The van der Waals surface area contributed by atoms with Crippen LogP contribution in [0.1, 0.15) is 5.56 Å². The first kappa shape index (κ1) is 15.9. The molecule has 0 fully saturated rings. The molecule has 0 aliphatic heterocycles. The van der Waals surface area contributed by atoms with E-state index in [-0.39, 0.29) is 17.1 Å². The molecule has 3 heteroatoms. The SMILES string of the molecule is CN(C)C[c-]1cccc1I.[Fe+2].c1cc[cH-]c1. The van der Waals surface area contributed by atoms with E-state index in [4.69, 9.17) is 0 Å². The van der Waals surface area contributed by atoms with Crippen molar-refractivity contribution in [2.75, 3.05) is 14.1 Å². The molecular weight excluding hydrogens is 353 g/mol. The Kier molecular flexibility index (Phi) is 8.94. The maximum Gasteiger partial charge on any atom is 2.00 e. The molecule has 0 aliphatic carbocycles. The van der Waals surface area contributed by atoms with Gasteiger partial charge in [0, 0.05) is 0 Å². The molecular formula is C13H16FeIN. The van der Waals surface area contributed by atoms with Crippen molar-refractivity contribution in [3.63, 3.8) is 0 Å². The van der Waals surface area contributed by atoms with Crippen LogP contribution in [0, 0.1) is 3.57 Å². The quantitative estimate of drug-likeness (QED) is 0.445. The zero-order valence-electron chi connectivity index (χ0n) is 9.50. The van der Waals surface area contributed by atoms with Gasteiger partial charge in [-0.25, -0.2) is 24.3 Å². The van der Waals surface area contributed by atoms with Crippen LogP contribution in [0.15, 0.2) is 48.5 Å². The summed E-state index contributed by atoms with van der Waals surface area (Å²) in [6.45, 7) is 1.05. The molecule has 88 valence electrons. The van der Waals surface area contributed by atoms with Gasteiger partial charge in [0.15, 0.2) is 0 Å². The average Bonchev–Trinajstić information content (AvgIpc) is 2.80. The molecule has 0 spiro atoms. The van der Waals surface area contributed by atoms with Crippen molar-refractivity contribution >= 4 is 22.6 Å². The van der Waals surface area contributed by atoms with Crippen LogP contribution in [0.3, 0.4) is 0 Å². The Morgan fingerprint density at radius 3 is 2.19 bits per heavy atom. The van der Waals surface area contributed by atoms with Gasteiger partial charge in [-0.1, -0.05) is 22.6 Å². The number of halogens is 1. The van der Waals surface area contributed by atoms with Gasteiger partial charge < -0.3 is 4.90 Å². The fourth-order valence-electron chi connectivity index (χ4n) is 1.23. The minimum atomic E-state index is 0. The van der Waals surface area contributed by atoms with Gasteiger partial charge in [-0.2, -0.15) is 24.3 Å². The van der Waals surface area contributed by atoms with Gasteiger partial charge >= 0.3 is 17.1 Å². The van der Waals surface area contributed by atoms with E-state index >= 15 is 0 Å². The molecule has 2 rings (SSSR count). The molecule has 1 nitrogen and oxygen atoms in total. The molecule has 2 aromatic carbocycles. The third kappa shape index (κ3) is 6.48. The molecule has 0 aliphatic rings. The molecule has 0 bridgehead atoms. The van der Waals surface area contributed by atoms with Crippen LogP contribution < -0.4 is 0 Å². The summed E-state index contributed by atoms with van der Waals surface area (Å²) < 4.78 is 1.37. The van der Waals surface area contributed by atoms with Crippen LogP contribution in [0.25, 0.3) is 0 Å². The van der Waals surface area contributed by atoms with Crippen LogP contribution in [0.5, 0.6) is 0 Å². The first-order valence-corrected chi connectivity index (χ1v) is 5.99. The fraction of sp³-hybridized carbons (Fsp3) is 0.231. The minimum absolute atomic E-state index is 0. The first-order valence-electron chi connectivity index (χ1n) is 4.91. The molecule has 0 N–H and O–H groups in total. The van der Waals surface area contributed by atoms with Gasteiger partial charge in [-0.15, -0.1) is 9.13 Å².